The van der Waals surface area contributed by atoms with E-state index < -0.39 is 0 Å². The van der Waals surface area contributed by atoms with Crippen LogP contribution in [0.15, 0.2) is 0 Å². The van der Waals surface area contributed by atoms with Crippen LogP contribution in [-0.2, 0) is 11.2 Å². The molecule has 0 fully saturated rings. The molecule has 1 unspecified atom stereocenters. The largest absolute Gasteiger partial charge is 0.380 e. The molecule has 0 aliphatic rings. The Labute approximate surface area is 114 Å². The first kappa shape index (κ1) is 15.6. The maximum absolute atomic E-state index is 12.0. The number of hydrogen-bond donors (Lipinski definition) is 2. The molecule has 19 heavy (non-hydrogen) atoms. The highest BCUT2D eigenvalue weighted by molar-refractivity contribution is 5.90. The molecule has 0 spiro atoms. The van der Waals surface area contributed by atoms with E-state index >= 15 is 0 Å². The summed E-state index contributed by atoms with van der Waals surface area (Å²) in [6.45, 7) is 9.23. The number of H-pyrrole nitrogens is 1. The molecule has 0 bridgehead atoms. The van der Waals surface area contributed by atoms with E-state index in [1.807, 2.05) is 20.8 Å². The summed E-state index contributed by atoms with van der Waals surface area (Å²) in [5, 5.41) is 9.63. The molecule has 0 saturated heterocycles. The van der Waals surface area contributed by atoms with Crippen LogP contribution in [-0.4, -0.2) is 40.3 Å². The van der Waals surface area contributed by atoms with Crippen molar-refractivity contribution in [1.82, 2.24) is 20.5 Å². The predicted octanol–water partition coefficient (Wildman–Crippen LogP) is 1.55. The van der Waals surface area contributed by atoms with E-state index in [9.17, 15) is 4.79 Å². The second-order valence-electron chi connectivity index (χ2n) is 4.84. The van der Waals surface area contributed by atoms with E-state index in [0.29, 0.717) is 19.1 Å². The van der Waals surface area contributed by atoms with Gasteiger partial charge in [0.2, 0.25) is 5.82 Å². The zero-order valence-corrected chi connectivity index (χ0v) is 12.2. The van der Waals surface area contributed by atoms with E-state index in [1.165, 1.54) is 0 Å². The Bertz CT molecular complexity index is 390. The molecule has 1 amide bonds. The highest BCUT2D eigenvalue weighted by Crippen LogP contribution is 2.04. The molecule has 1 aromatic rings. The van der Waals surface area contributed by atoms with Crippen LogP contribution >= 0.6 is 0 Å². The third kappa shape index (κ3) is 4.98. The van der Waals surface area contributed by atoms with Crippen molar-refractivity contribution in [3.8, 4) is 0 Å². The summed E-state index contributed by atoms with van der Waals surface area (Å²) in [4.78, 5) is 16.2. The Hall–Kier alpha value is -1.43. The smallest absolute Gasteiger partial charge is 0.291 e. The minimum Gasteiger partial charge on any atom is -0.380 e. The van der Waals surface area contributed by atoms with E-state index in [2.05, 4.69) is 27.4 Å². The van der Waals surface area contributed by atoms with Crippen LogP contribution in [0.2, 0.25) is 0 Å². The second kappa shape index (κ2) is 7.89. The van der Waals surface area contributed by atoms with Gasteiger partial charge in [0, 0.05) is 13.0 Å². The van der Waals surface area contributed by atoms with Crippen LogP contribution in [0.4, 0.5) is 0 Å². The molecule has 2 N–H and O–H groups in total. The Morgan fingerprint density at radius 1 is 1.42 bits per heavy atom. The molecule has 1 aromatic heterocycles. The second-order valence-corrected chi connectivity index (χ2v) is 4.84. The third-order valence-corrected chi connectivity index (χ3v) is 2.84. The topological polar surface area (TPSA) is 79.9 Å². The third-order valence-electron chi connectivity index (χ3n) is 2.84. The lowest BCUT2D eigenvalue weighted by atomic mass is 10.1. The molecule has 0 saturated carbocycles. The average Bonchev–Trinajstić information content (AvgIpc) is 2.83. The zero-order valence-electron chi connectivity index (χ0n) is 12.2. The molecule has 0 aromatic carbocycles. The minimum absolute atomic E-state index is 0.0272. The van der Waals surface area contributed by atoms with Crippen molar-refractivity contribution in [1.29, 1.82) is 0 Å². The maximum atomic E-state index is 12.0. The number of ether oxygens (including phenoxy) is 1. The van der Waals surface area contributed by atoms with Gasteiger partial charge < -0.3 is 10.1 Å². The minimum atomic E-state index is -0.253. The molecule has 6 nitrogen and oxygen atoms in total. The number of aromatic amines is 1. The summed E-state index contributed by atoms with van der Waals surface area (Å²) < 4.78 is 5.37. The lowest BCUT2D eigenvalue weighted by Gasteiger charge is -2.21. The molecular formula is C13H24N4O2. The number of rotatable bonds is 8. The first-order valence-corrected chi connectivity index (χ1v) is 6.88. The van der Waals surface area contributed by atoms with Crippen LogP contribution in [0.25, 0.3) is 0 Å². The van der Waals surface area contributed by atoms with Crippen LogP contribution in [0.3, 0.4) is 0 Å². The van der Waals surface area contributed by atoms with Crippen LogP contribution in [0.1, 0.15) is 50.6 Å². The van der Waals surface area contributed by atoms with Crippen molar-refractivity contribution in [3.63, 3.8) is 0 Å². The normalized spacial score (nSPS) is 12.7. The number of amides is 1. The molecule has 108 valence electrons. The van der Waals surface area contributed by atoms with Crippen molar-refractivity contribution in [2.24, 2.45) is 5.92 Å². The fourth-order valence-corrected chi connectivity index (χ4v) is 1.62. The number of nitrogens with zero attached hydrogens (tertiary/aromatic N) is 2. The SMILES string of the molecule is CCCc1nc(C(=O)NC(COCC)C(C)C)n[nH]1. The number of aromatic nitrogens is 3. The van der Waals surface area contributed by atoms with Crippen molar-refractivity contribution < 1.29 is 9.53 Å². The van der Waals surface area contributed by atoms with E-state index in [0.717, 1.165) is 18.7 Å². The Balaban J connectivity index is 2.59. The monoisotopic (exact) mass is 268 g/mol. The van der Waals surface area contributed by atoms with Gasteiger partial charge in [-0.1, -0.05) is 20.8 Å². The van der Waals surface area contributed by atoms with Gasteiger partial charge in [0.15, 0.2) is 0 Å². The van der Waals surface area contributed by atoms with Crippen LogP contribution < -0.4 is 5.32 Å². The lowest BCUT2D eigenvalue weighted by Crippen LogP contribution is -2.42. The fraction of sp³-hybridized carbons (Fsp3) is 0.769. The van der Waals surface area contributed by atoms with Crippen molar-refractivity contribution >= 4 is 5.91 Å². The first-order chi connectivity index (χ1) is 9.08. The van der Waals surface area contributed by atoms with Gasteiger partial charge in [-0.05, 0) is 19.3 Å². The Kier molecular flexibility index (Phi) is 6.49. The molecule has 6 heteroatoms. The Morgan fingerprint density at radius 2 is 2.16 bits per heavy atom. The first-order valence-electron chi connectivity index (χ1n) is 6.88. The zero-order chi connectivity index (χ0) is 14.3. The summed E-state index contributed by atoms with van der Waals surface area (Å²) in [6.07, 6.45) is 1.77. The summed E-state index contributed by atoms with van der Waals surface area (Å²) in [5.41, 5.74) is 0. The molecule has 0 radical (unpaired) electrons. The maximum Gasteiger partial charge on any atom is 0.291 e. The van der Waals surface area contributed by atoms with Crippen molar-refractivity contribution in [2.45, 2.75) is 46.6 Å². The number of nitrogens with one attached hydrogen (secondary N) is 2. The summed E-state index contributed by atoms with van der Waals surface area (Å²) in [6, 6.07) is -0.0272. The predicted molar refractivity (Wildman–Crippen MR) is 73.0 cm³/mol. The number of carbonyl (C=O) groups is 1. The number of aryl methyl sites for hydroxylation is 1. The number of carbonyl (C=O) groups excluding carboxylic acids is 1. The van der Waals surface area contributed by atoms with Gasteiger partial charge in [-0.15, -0.1) is 5.10 Å². The van der Waals surface area contributed by atoms with Gasteiger partial charge in [0.1, 0.15) is 5.82 Å². The van der Waals surface area contributed by atoms with Crippen LogP contribution in [0, 0.1) is 5.92 Å². The molecule has 1 heterocycles. The van der Waals surface area contributed by atoms with Gasteiger partial charge in [0.05, 0.1) is 12.6 Å². The molecule has 0 aliphatic heterocycles. The summed E-state index contributed by atoms with van der Waals surface area (Å²) in [5.74, 6) is 0.991. The number of hydrogen-bond acceptors (Lipinski definition) is 4. The average molecular weight is 268 g/mol. The highest BCUT2D eigenvalue weighted by atomic mass is 16.5. The quantitative estimate of drug-likeness (QED) is 0.749. The van der Waals surface area contributed by atoms with Gasteiger partial charge in [-0.3, -0.25) is 9.89 Å². The standard InChI is InChI=1S/C13H24N4O2/c1-5-7-11-15-12(17-16-11)13(18)14-10(9(3)4)8-19-6-2/h9-10H,5-8H2,1-4H3,(H,14,18)(H,15,16,17). The summed E-state index contributed by atoms with van der Waals surface area (Å²) >= 11 is 0. The van der Waals surface area contributed by atoms with Gasteiger partial charge in [-0.25, -0.2) is 4.98 Å². The lowest BCUT2D eigenvalue weighted by molar-refractivity contribution is 0.0798. The van der Waals surface area contributed by atoms with E-state index in [1.54, 1.807) is 0 Å². The van der Waals surface area contributed by atoms with Gasteiger partial charge >= 0.3 is 0 Å². The van der Waals surface area contributed by atoms with Crippen molar-refractivity contribution in [3.05, 3.63) is 11.6 Å². The Morgan fingerprint density at radius 3 is 2.74 bits per heavy atom. The fourth-order valence-electron chi connectivity index (χ4n) is 1.62. The summed E-state index contributed by atoms with van der Waals surface area (Å²) in [7, 11) is 0. The highest BCUT2D eigenvalue weighted by Gasteiger charge is 2.20. The molecular weight excluding hydrogens is 244 g/mol. The molecule has 1 atom stereocenters. The van der Waals surface area contributed by atoms with E-state index in [-0.39, 0.29) is 17.8 Å². The van der Waals surface area contributed by atoms with Crippen LogP contribution in [0.5, 0.6) is 0 Å². The van der Waals surface area contributed by atoms with Crippen molar-refractivity contribution in [2.75, 3.05) is 13.2 Å². The molecule has 0 aliphatic carbocycles. The van der Waals surface area contributed by atoms with Gasteiger partial charge in [0.25, 0.3) is 5.91 Å². The molecule has 1 rings (SSSR count). The van der Waals surface area contributed by atoms with E-state index in [4.69, 9.17) is 4.74 Å². The van der Waals surface area contributed by atoms with Gasteiger partial charge in [-0.2, -0.15) is 0 Å².